The van der Waals surface area contributed by atoms with E-state index in [9.17, 15) is 8.78 Å². The van der Waals surface area contributed by atoms with Gasteiger partial charge < -0.3 is 4.74 Å². The van der Waals surface area contributed by atoms with E-state index >= 15 is 0 Å². The van der Waals surface area contributed by atoms with Crippen molar-refractivity contribution in [3.8, 4) is 17.0 Å². The van der Waals surface area contributed by atoms with Crippen LogP contribution in [0.2, 0.25) is 5.15 Å². The molecule has 0 amide bonds. The summed E-state index contributed by atoms with van der Waals surface area (Å²) in [6.07, 6.45) is 1.13. The third-order valence-electron chi connectivity index (χ3n) is 2.49. The van der Waals surface area contributed by atoms with Crippen molar-refractivity contribution < 1.29 is 13.5 Å². The first-order valence-corrected chi connectivity index (χ1v) is 5.43. The Bertz CT molecular complexity index is 605. The van der Waals surface area contributed by atoms with Gasteiger partial charge in [-0.25, -0.2) is 18.7 Å². The van der Waals surface area contributed by atoms with E-state index in [1.165, 1.54) is 26.2 Å². The van der Waals surface area contributed by atoms with E-state index in [1.807, 2.05) is 0 Å². The molecule has 0 aliphatic rings. The Morgan fingerprint density at radius 2 is 1.94 bits per heavy atom. The molecule has 0 saturated heterocycles. The summed E-state index contributed by atoms with van der Waals surface area (Å²) in [5, 5.41) is 0.00260. The van der Waals surface area contributed by atoms with Crippen molar-refractivity contribution in [1.29, 1.82) is 0 Å². The van der Waals surface area contributed by atoms with Gasteiger partial charge >= 0.3 is 0 Å². The van der Waals surface area contributed by atoms with Gasteiger partial charge in [0.05, 0.1) is 12.7 Å². The average molecular weight is 271 g/mol. The number of rotatable bonds is 2. The fraction of sp³-hybridized carbons (Fsp3) is 0.167. The molecule has 0 radical (unpaired) electrons. The zero-order valence-corrected chi connectivity index (χ0v) is 10.4. The second-order valence-electron chi connectivity index (χ2n) is 3.60. The molecule has 0 unspecified atom stereocenters. The van der Waals surface area contributed by atoms with Crippen molar-refractivity contribution in [2.45, 2.75) is 6.92 Å². The number of aryl methyl sites for hydroxylation is 1. The van der Waals surface area contributed by atoms with Gasteiger partial charge in [-0.05, 0) is 18.6 Å². The molecule has 0 fully saturated rings. The summed E-state index contributed by atoms with van der Waals surface area (Å²) in [5.41, 5.74) is 0.0375. The molecule has 0 saturated carbocycles. The molecule has 0 spiro atoms. The highest BCUT2D eigenvalue weighted by Gasteiger charge is 2.20. The summed E-state index contributed by atoms with van der Waals surface area (Å²) < 4.78 is 32.8. The SMILES string of the molecule is COc1c(Cl)ncnc1-c1c(F)ccc(C)c1F. The quantitative estimate of drug-likeness (QED) is 0.785. The highest BCUT2D eigenvalue weighted by Crippen LogP contribution is 2.36. The van der Waals surface area contributed by atoms with Crippen molar-refractivity contribution in [2.75, 3.05) is 7.11 Å². The molecule has 0 bridgehead atoms. The Morgan fingerprint density at radius 3 is 2.61 bits per heavy atom. The van der Waals surface area contributed by atoms with Crippen molar-refractivity contribution in [2.24, 2.45) is 0 Å². The van der Waals surface area contributed by atoms with Crippen LogP contribution < -0.4 is 4.74 Å². The van der Waals surface area contributed by atoms with Crippen molar-refractivity contribution in [1.82, 2.24) is 9.97 Å². The van der Waals surface area contributed by atoms with Crippen molar-refractivity contribution in [3.63, 3.8) is 0 Å². The maximum atomic E-state index is 14.0. The smallest absolute Gasteiger partial charge is 0.182 e. The van der Waals surface area contributed by atoms with Gasteiger partial charge in [0.2, 0.25) is 0 Å². The summed E-state index contributed by atoms with van der Waals surface area (Å²) in [6.45, 7) is 1.54. The normalized spacial score (nSPS) is 10.5. The third kappa shape index (κ3) is 2.01. The van der Waals surface area contributed by atoms with Gasteiger partial charge in [-0.1, -0.05) is 17.7 Å². The molecular weight excluding hydrogens is 262 g/mol. The highest BCUT2D eigenvalue weighted by atomic mass is 35.5. The number of benzene rings is 1. The monoisotopic (exact) mass is 270 g/mol. The molecule has 0 atom stereocenters. The lowest BCUT2D eigenvalue weighted by Gasteiger charge is -2.11. The van der Waals surface area contributed by atoms with E-state index in [-0.39, 0.29) is 22.2 Å². The predicted molar refractivity (Wildman–Crippen MR) is 63.7 cm³/mol. The molecule has 6 heteroatoms. The molecule has 1 aromatic carbocycles. The van der Waals surface area contributed by atoms with Crippen LogP contribution >= 0.6 is 11.6 Å². The first-order chi connectivity index (χ1) is 8.56. The Balaban J connectivity index is 2.77. The number of hydrogen-bond acceptors (Lipinski definition) is 3. The van der Waals surface area contributed by atoms with Crippen LogP contribution in [0.4, 0.5) is 8.78 Å². The van der Waals surface area contributed by atoms with Crippen LogP contribution in [-0.2, 0) is 0 Å². The predicted octanol–water partition coefficient (Wildman–Crippen LogP) is 3.39. The number of hydrogen-bond donors (Lipinski definition) is 0. The molecule has 2 rings (SSSR count). The molecule has 1 aromatic heterocycles. The molecule has 0 aliphatic carbocycles. The van der Waals surface area contributed by atoms with E-state index in [1.54, 1.807) is 0 Å². The van der Waals surface area contributed by atoms with Gasteiger partial charge in [0, 0.05) is 0 Å². The molecule has 3 nitrogen and oxygen atoms in total. The van der Waals surface area contributed by atoms with Crippen molar-refractivity contribution in [3.05, 3.63) is 40.8 Å². The Morgan fingerprint density at radius 1 is 1.22 bits per heavy atom. The van der Waals surface area contributed by atoms with E-state index in [0.29, 0.717) is 5.56 Å². The van der Waals surface area contributed by atoms with Crippen molar-refractivity contribution >= 4 is 11.6 Å². The van der Waals surface area contributed by atoms with Crippen LogP contribution in [0.1, 0.15) is 5.56 Å². The molecular formula is C12H9ClF2N2O. The summed E-state index contributed by atoms with van der Waals surface area (Å²) in [4.78, 5) is 7.55. The standard InChI is InChI=1S/C12H9ClF2N2O/c1-6-3-4-7(14)8(9(6)15)10-11(18-2)12(13)17-5-16-10/h3-5H,1-2H3. The Hall–Kier alpha value is -1.75. The highest BCUT2D eigenvalue weighted by molar-refractivity contribution is 6.31. The van der Waals surface area contributed by atoms with Crippen LogP contribution in [0.5, 0.6) is 5.75 Å². The zero-order valence-electron chi connectivity index (χ0n) is 9.67. The molecule has 0 N–H and O–H groups in total. The van der Waals surface area contributed by atoms with Gasteiger partial charge in [0.1, 0.15) is 23.7 Å². The van der Waals surface area contributed by atoms with E-state index < -0.39 is 11.6 Å². The number of aromatic nitrogens is 2. The lowest BCUT2D eigenvalue weighted by molar-refractivity contribution is 0.412. The van der Waals surface area contributed by atoms with E-state index in [4.69, 9.17) is 16.3 Å². The summed E-state index contributed by atoms with van der Waals surface area (Å²) in [5.74, 6) is -1.38. The summed E-state index contributed by atoms with van der Waals surface area (Å²) in [7, 11) is 1.33. The number of halogens is 3. The number of methoxy groups -OCH3 is 1. The fourth-order valence-electron chi connectivity index (χ4n) is 1.58. The molecule has 1 heterocycles. The Labute approximate surface area is 107 Å². The molecule has 18 heavy (non-hydrogen) atoms. The number of ether oxygens (including phenoxy) is 1. The minimum absolute atomic E-state index is 0.00260. The van der Waals surface area contributed by atoms with Gasteiger partial charge in [-0.15, -0.1) is 0 Å². The van der Waals surface area contributed by atoms with Gasteiger partial charge in [0.25, 0.3) is 0 Å². The minimum atomic E-state index is -0.730. The van der Waals surface area contributed by atoms with Gasteiger partial charge in [0.15, 0.2) is 10.9 Å². The summed E-state index contributed by atoms with van der Waals surface area (Å²) in [6, 6.07) is 2.52. The maximum Gasteiger partial charge on any atom is 0.182 e. The van der Waals surface area contributed by atoms with Gasteiger partial charge in [-0.2, -0.15) is 0 Å². The van der Waals surface area contributed by atoms with Crippen LogP contribution in [0.25, 0.3) is 11.3 Å². The minimum Gasteiger partial charge on any atom is -0.491 e. The fourth-order valence-corrected chi connectivity index (χ4v) is 1.80. The van der Waals surface area contributed by atoms with Crippen LogP contribution in [-0.4, -0.2) is 17.1 Å². The lowest BCUT2D eigenvalue weighted by atomic mass is 10.1. The zero-order chi connectivity index (χ0) is 13.3. The average Bonchev–Trinajstić information content (AvgIpc) is 2.35. The Kier molecular flexibility index (Phi) is 3.43. The van der Waals surface area contributed by atoms with Crippen LogP contribution in [0, 0.1) is 18.6 Å². The van der Waals surface area contributed by atoms with E-state index in [2.05, 4.69) is 9.97 Å². The summed E-state index contributed by atoms with van der Waals surface area (Å²) >= 11 is 5.80. The first-order valence-electron chi connectivity index (χ1n) is 5.05. The van der Waals surface area contributed by atoms with Gasteiger partial charge in [-0.3, -0.25) is 0 Å². The second-order valence-corrected chi connectivity index (χ2v) is 3.96. The van der Waals surface area contributed by atoms with Crippen LogP contribution in [0.15, 0.2) is 18.5 Å². The maximum absolute atomic E-state index is 14.0. The molecule has 0 aliphatic heterocycles. The third-order valence-corrected chi connectivity index (χ3v) is 2.75. The molecule has 94 valence electrons. The largest absolute Gasteiger partial charge is 0.491 e. The second kappa shape index (κ2) is 4.86. The topological polar surface area (TPSA) is 35.0 Å². The van der Waals surface area contributed by atoms with Crippen LogP contribution in [0.3, 0.4) is 0 Å². The first kappa shape index (κ1) is 12.7. The van der Waals surface area contributed by atoms with E-state index in [0.717, 1.165) is 6.33 Å². The lowest BCUT2D eigenvalue weighted by Crippen LogP contribution is -2.00. The number of nitrogens with zero attached hydrogens (tertiary/aromatic N) is 2. The molecule has 2 aromatic rings.